The molecule has 0 radical (unpaired) electrons. The highest BCUT2D eigenvalue weighted by Crippen LogP contribution is 2.44. The number of rotatable bonds is 7. The van der Waals surface area contributed by atoms with E-state index in [1.54, 1.807) is 6.07 Å². The number of carbonyl (C=O) groups excluding carboxylic acids is 1. The summed E-state index contributed by atoms with van der Waals surface area (Å²) >= 11 is 0. The van der Waals surface area contributed by atoms with Crippen LogP contribution in [0.2, 0.25) is 0 Å². The number of nitrogens with two attached hydrogens (primary N) is 1. The van der Waals surface area contributed by atoms with Gasteiger partial charge >= 0.3 is 6.09 Å². The quantitative estimate of drug-likeness (QED) is 0.530. The molecule has 176 valence electrons. The highest BCUT2D eigenvalue weighted by atomic mass is 16.6. The second-order valence-electron chi connectivity index (χ2n) is 7.63. The van der Waals surface area contributed by atoms with Crippen molar-refractivity contribution in [2.75, 3.05) is 71.4 Å². The number of nitrogen functional groups attached to an aromatic ring is 1. The van der Waals surface area contributed by atoms with Crippen LogP contribution in [-0.4, -0.2) is 97.5 Å². The molecule has 1 aliphatic rings. The molecule has 1 atom stereocenters. The molecule has 2 aromatic rings. The lowest BCUT2D eigenvalue weighted by Crippen LogP contribution is -2.50. The second-order valence-corrected chi connectivity index (χ2v) is 7.63. The first-order valence-electron chi connectivity index (χ1n) is 10.0. The van der Waals surface area contributed by atoms with E-state index >= 15 is 0 Å². The number of piperazine rings is 1. The van der Waals surface area contributed by atoms with E-state index in [-0.39, 0.29) is 12.4 Å². The van der Waals surface area contributed by atoms with Crippen molar-refractivity contribution in [3.8, 4) is 17.2 Å². The summed E-state index contributed by atoms with van der Waals surface area (Å²) in [4.78, 5) is 24.7. The van der Waals surface area contributed by atoms with Gasteiger partial charge in [-0.1, -0.05) is 0 Å². The smallest absolute Gasteiger partial charge is 0.409 e. The standard InChI is InChI=1S/C20H29N5O7/c1-20(28,10-26)11-32-19(27)25-7-5-24(6-8-25)18-22-14-12(17(21)23-18)9-13(29-2)15(30-3)16(14)31-4/h9,26,28H,5-8,10-11H2,1-4H3,(H2,21,22,23). The Hall–Kier alpha value is -3.25. The minimum absolute atomic E-state index is 0.261. The van der Waals surface area contributed by atoms with Crippen molar-refractivity contribution in [1.29, 1.82) is 0 Å². The van der Waals surface area contributed by atoms with E-state index in [0.29, 0.717) is 60.3 Å². The molecule has 1 fully saturated rings. The molecule has 0 saturated carbocycles. The number of amides is 1. The molecule has 3 rings (SSSR count). The molecule has 1 unspecified atom stereocenters. The largest absolute Gasteiger partial charge is 0.493 e. The van der Waals surface area contributed by atoms with E-state index < -0.39 is 18.3 Å². The minimum atomic E-state index is -1.48. The molecular formula is C20H29N5O7. The number of aromatic nitrogens is 2. The Kier molecular flexibility index (Phi) is 6.94. The lowest BCUT2D eigenvalue weighted by molar-refractivity contribution is -0.0503. The summed E-state index contributed by atoms with van der Waals surface area (Å²) in [5, 5.41) is 19.4. The Bertz CT molecular complexity index is 977. The topological polar surface area (TPSA) is 153 Å². The Labute approximate surface area is 185 Å². The maximum atomic E-state index is 12.2. The van der Waals surface area contributed by atoms with Crippen molar-refractivity contribution < 1.29 is 34.0 Å². The van der Waals surface area contributed by atoms with Gasteiger partial charge in [0.05, 0.1) is 33.3 Å². The van der Waals surface area contributed by atoms with Gasteiger partial charge in [-0.15, -0.1) is 0 Å². The van der Waals surface area contributed by atoms with E-state index in [0.717, 1.165) is 0 Å². The molecule has 12 heteroatoms. The van der Waals surface area contributed by atoms with Gasteiger partial charge in [0.1, 0.15) is 23.5 Å². The summed E-state index contributed by atoms with van der Waals surface area (Å²) in [6.45, 7) is 2.22. The van der Waals surface area contributed by atoms with Gasteiger partial charge in [-0.2, -0.15) is 4.98 Å². The zero-order chi connectivity index (χ0) is 23.5. The summed E-state index contributed by atoms with van der Waals surface area (Å²) in [7, 11) is 4.53. The van der Waals surface area contributed by atoms with Crippen molar-refractivity contribution in [2.24, 2.45) is 0 Å². The summed E-state index contributed by atoms with van der Waals surface area (Å²) in [5.74, 6) is 1.90. The van der Waals surface area contributed by atoms with Crippen molar-refractivity contribution >= 4 is 28.8 Å². The van der Waals surface area contributed by atoms with Crippen LogP contribution in [0.15, 0.2) is 6.07 Å². The number of anilines is 2. The number of carbonyl (C=O) groups is 1. The van der Waals surface area contributed by atoms with E-state index in [9.17, 15) is 9.90 Å². The average Bonchev–Trinajstić information content (AvgIpc) is 2.81. The zero-order valence-corrected chi connectivity index (χ0v) is 18.6. The predicted molar refractivity (Wildman–Crippen MR) is 116 cm³/mol. The van der Waals surface area contributed by atoms with Crippen molar-refractivity contribution in [3.05, 3.63) is 6.07 Å². The first kappa shape index (κ1) is 23.4. The number of hydrogen-bond acceptors (Lipinski definition) is 11. The molecule has 0 aliphatic carbocycles. The van der Waals surface area contributed by atoms with Crippen molar-refractivity contribution in [1.82, 2.24) is 14.9 Å². The van der Waals surface area contributed by atoms with E-state index in [4.69, 9.17) is 29.8 Å². The molecule has 1 aromatic carbocycles. The fourth-order valence-corrected chi connectivity index (χ4v) is 3.32. The highest BCUT2D eigenvalue weighted by Gasteiger charge is 2.28. The molecule has 1 aliphatic heterocycles. The number of ether oxygens (including phenoxy) is 4. The summed E-state index contributed by atoms with van der Waals surface area (Å²) in [6.07, 6.45) is -0.559. The molecule has 1 aromatic heterocycles. The molecule has 0 spiro atoms. The molecule has 12 nitrogen and oxygen atoms in total. The zero-order valence-electron chi connectivity index (χ0n) is 18.6. The summed E-state index contributed by atoms with van der Waals surface area (Å²) in [6, 6.07) is 1.70. The summed E-state index contributed by atoms with van der Waals surface area (Å²) < 4.78 is 21.4. The van der Waals surface area contributed by atoms with Gasteiger partial charge in [0.25, 0.3) is 0 Å². The fraction of sp³-hybridized carbons (Fsp3) is 0.550. The normalized spacial score (nSPS) is 15.9. The predicted octanol–water partition coefficient (Wildman–Crippen LogP) is 0.240. The average molecular weight is 451 g/mol. The second kappa shape index (κ2) is 9.49. The van der Waals surface area contributed by atoms with E-state index in [2.05, 4.69) is 9.97 Å². The number of fused-ring (bicyclic) bond motifs is 1. The SMILES string of the molecule is COc1cc2c(N)nc(N3CCN(C(=O)OCC(C)(O)CO)CC3)nc2c(OC)c1OC. The van der Waals surface area contributed by atoms with Crippen LogP contribution in [0, 0.1) is 0 Å². The Morgan fingerprint density at radius 1 is 1.12 bits per heavy atom. The molecule has 2 heterocycles. The van der Waals surface area contributed by atoms with E-state index in [1.165, 1.54) is 33.2 Å². The third-order valence-corrected chi connectivity index (χ3v) is 5.18. The molecular weight excluding hydrogens is 422 g/mol. The Morgan fingerprint density at radius 2 is 1.78 bits per heavy atom. The molecule has 1 amide bonds. The lowest BCUT2D eigenvalue weighted by Gasteiger charge is -2.34. The van der Waals surface area contributed by atoms with Gasteiger partial charge in [-0.25, -0.2) is 9.78 Å². The van der Waals surface area contributed by atoms with Crippen LogP contribution in [0.25, 0.3) is 10.9 Å². The van der Waals surface area contributed by atoms with Gasteiger partial charge < -0.3 is 44.7 Å². The Balaban J connectivity index is 1.79. The van der Waals surface area contributed by atoms with Crippen LogP contribution in [0.4, 0.5) is 16.6 Å². The van der Waals surface area contributed by atoms with Gasteiger partial charge in [-0.3, -0.25) is 0 Å². The minimum Gasteiger partial charge on any atom is -0.493 e. The first-order valence-corrected chi connectivity index (χ1v) is 10.0. The van der Waals surface area contributed by atoms with Crippen LogP contribution in [0.5, 0.6) is 17.2 Å². The molecule has 32 heavy (non-hydrogen) atoms. The first-order chi connectivity index (χ1) is 15.2. The molecule has 4 N–H and O–H groups in total. The van der Waals surface area contributed by atoms with Crippen LogP contribution in [0.1, 0.15) is 6.92 Å². The van der Waals surface area contributed by atoms with Crippen LogP contribution in [-0.2, 0) is 4.74 Å². The highest BCUT2D eigenvalue weighted by molar-refractivity contribution is 5.97. The lowest BCUT2D eigenvalue weighted by atomic mass is 10.1. The fourth-order valence-electron chi connectivity index (χ4n) is 3.32. The number of aliphatic hydroxyl groups excluding tert-OH is 1. The Morgan fingerprint density at radius 3 is 2.34 bits per heavy atom. The molecule has 0 bridgehead atoms. The number of methoxy groups -OCH3 is 3. The number of nitrogens with zero attached hydrogens (tertiary/aromatic N) is 4. The van der Waals surface area contributed by atoms with Crippen molar-refractivity contribution in [3.63, 3.8) is 0 Å². The molecule has 1 saturated heterocycles. The van der Waals surface area contributed by atoms with Gasteiger partial charge in [0.15, 0.2) is 11.5 Å². The van der Waals surface area contributed by atoms with Gasteiger partial charge in [-0.05, 0) is 13.0 Å². The third-order valence-electron chi connectivity index (χ3n) is 5.18. The maximum Gasteiger partial charge on any atom is 0.409 e. The van der Waals surface area contributed by atoms with Crippen LogP contribution in [0.3, 0.4) is 0 Å². The van der Waals surface area contributed by atoms with Crippen LogP contribution < -0.4 is 24.8 Å². The van der Waals surface area contributed by atoms with E-state index in [1.807, 2.05) is 4.90 Å². The monoisotopic (exact) mass is 451 g/mol. The number of aliphatic hydroxyl groups is 2. The number of hydrogen-bond donors (Lipinski definition) is 3. The van der Waals surface area contributed by atoms with Gasteiger partial charge in [0, 0.05) is 26.2 Å². The number of benzene rings is 1. The maximum absolute atomic E-state index is 12.2. The summed E-state index contributed by atoms with van der Waals surface area (Å²) in [5.41, 5.74) is 5.22. The van der Waals surface area contributed by atoms with Crippen LogP contribution >= 0.6 is 0 Å². The van der Waals surface area contributed by atoms with Gasteiger partial charge in [0.2, 0.25) is 11.7 Å². The van der Waals surface area contributed by atoms with Crippen molar-refractivity contribution in [2.45, 2.75) is 12.5 Å². The third kappa shape index (κ3) is 4.65.